The van der Waals surface area contributed by atoms with Gasteiger partial charge < -0.3 is 5.11 Å². The Morgan fingerprint density at radius 2 is 1.70 bits per heavy atom. The lowest BCUT2D eigenvalue weighted by Crippen LogP contribution is -2.11. The normalized spacial score (nSPS) is 19.0. The van der Waals surface area contributed by atoms with Crippen molar-refractivity contribution in [3.8, 4) is 0 Å². The van der Waals surface area contributed by atoms with Crippen molar-refractivity contribution >= 4 is 11.8 Å². The minimum absolute atomic E-state index is 0.552. The minimum Gasteiger partial charge on any atom is -0.388 e. The second kappa shape index (κ2) is 6.85. The standard InChI is InChI=1S/C15H19F3OS/c16-15(17,18)12-8-6-11(7-9-12)14(19)10-20-13-4-2-1-3-5-13/h6-9,13-14,19H,1-5,10H2. The van der Waals surface area contributed by atoms with Gasteiger partial charge in [0, 0.05) is 11.0 Å². The van der Waals surface area contributed by atoms with Crippen molar-refractivity contribution < 1.29 is 18.3 Å². The maximum Gasteiger partial charge on any atom is 0.416 e. The molecule has 1 aliphatic carbocycles. The average Bonchev–Trinajstić information content (AvgIpc) is 2.45. The molecule has 0 aromatic heterocycles. The molecular weight excluding hydrogens is 285 g/mol. The van der Waals surface area contributed by atoms with E-state index < -0.39 is 17.8 Å². The number of thioether (sulfide) groups is 1. The van der Waals surface area contributed by atoms with Crippen LogP contribution < -0.4 is 0 Å². The fourth-order valence-corrected chi connectivity index (χ4v) is 3.76. The van der Waals surface area contributed by atoms with Gasteiger partial charge in [0.05, 0.1) is 11.7 Å². The van der Waals surface area contributed by atoms with Crippen molar-refractivity contribution in [3.05, 3.63) is 35.4 Å². The van der Waals surface area contributed by atoms with Crippen LogP contribution in [-0.2, 0) is 6.18 Å². The van der Waals surface area contributed by atoms with Crippen molar-refractivity contribution in [2.75, 3.05) is 5.75 Å². The third-order valence-corrected chi connectivity index (χ3v) is 5.12. The summed E-state index contributed by atoms with van der Waals surface area (Å²) in [5.74, 6) is 0.552. The lowest BCUT2D eigenvalue weighted by atomic mass is 10.0. The summed E-state index contributed by atoms with van der Waals surface area (Å²) in [4.78, 5) is 0. The summed E-state index contributed by atoms with van der Waals surface area (Å²) in [6.45, 7) is 0. The quantitative estimate of drug-likeness (QED) is 0.862. The van der Waals surface area contributed by atoms with Crippen LogP contribution in [0.25, 0.3) is 0 Å². The Hall–Kier alpha value is -0.680. The van der Waals surface area contributed by atoms with Crippen LogP contribution in [0.4, 0.5) is 13.2 Å². The van der Waals surface area contributed by atoms with Crippen LogP contribution in [0.5, 0.6) is 0 Å². The van der Waals surface area contributed by atoms with E-state index in [1.165, 1.54) is 44.2 Å². The molecule has 0 bridgehead atoms. The molecule has 0 amide bonds. The largest absolute Gasteiger partial charge is 0.416 e. The molecular formula is C15H19F3OS. The fourth-order valence-electron chi connectivity index (χ4n) is 2.45. The van der Waals surface area contributed by atoms with E-state index in [4.69, 9.17) is 0 Å². The molecule has 1 saturated carbocycles. The first-order valence-corrected chi connectivity index (χ1v) is 7.98. The topological polar surface area (TPSA) is 20.2 Å². The van der Waals surface area contributed by atoms with Crippen LogP contribution >= 0.6 is 11.8 Å². The second-order valence-electron chi connectivity index (χ2n) is 5.23. The van der Waals surface area contributed by atoms with E-state index in [-0.39, 0.29) is 0 Å². The van der Waals surface area contributed by atoms with Gasteiger partial charge in [0.25, 0.3) is 0 Å². The number of alkyl halides is 3. The molecule has 1 fully saturated rings. The molecule has 0 radical (unpaired) electrons. The van der Waals surface area contributed by atoms with Gasteiger partial charge >= 0.3 is 6.18 Å². The molecule has 0 saturated heterocycles. The fraction of sp³-hybridized carbons (Fsp3) is 0.600. The van der Waals surface area contributed by atoms with Gasteiger partial charge in [-0.05, 0) is 30.5 Å². The van der Waals surface area contributed by atoms with E-state index in [1.54, 1.807) is 11.8 Å². The van der Waals surface area contributed by atoms with Crippen LogP contribution in [0.3, 0.4) is 0 Å². The Morgan fingerprint density at radius 3 is 2.25 bits per heavy atom. The summed E-state index contributed by atoms with van der Waals surface area (Å²) in [7, 11) is 0. The molecule has 2 rings (SSSR count). The Morgan fingerprint density at radius 1 is 1.10 bits per heavy atom. The summed E-state index contributed by atoms with van der Waals surface area (Å²) in [6.07, 6.45) is 1.14. The molecule has 1 N–H and O–H groups in total. The van der Waals surface area contributed by atoms with Gasteiger partial charge in [-0.1, -0.05) is 31.4 Å². The molecule has 0 heterocycles. The first-order valence-electron chi connectivity index (χ1n) is 6.93. The summed E-state index contributed by atoms with van der Waals surface area (Å²) in [5.41, 5.74) is -0.116. The van der Waals surface area contributed by atoms with Gasteiger partial charge in [-0.3, -0.25) is 0 Å². The highest BCUT2D eigenvalue weighted by Crippen LogP contribution is 2.32. The van der Waals surface area contributed by atoms with Crippen LogP contribution in [-0.4, -0.2) is 16.1 Å². The Kier molecular flexibility index (Phi) is 5.38. The molecule has 1 aliphatic rings. The summed E-state index contributed by atoms with van der Waals surface area (Å²) >= 11 is 1.74. The van der Waals surface area contributed by atoms with Crippen LogP contribution in [0, 0.1) is 0 Å². The highest BCUT2D eigenvalue weighted by molar-refractivity contribution is 7.99. The predicted octanol–water partition coefficient (Wildman–Crippen LogP) is 4.80. The van der Waals surface area contributed by atoms with Crippen LogP contribution in [0.15, 0.2) is 24.3 Å². The molecule has 0 spiro atoms. The highest BCUT2D eigenvalue weighted by atomic mass is 32.2. The lowest BCUT2D eigenvalue weighted by molar-refractivity contribution is -0.137. The number of hydrogen-bond donors (Lipinski definition) is 1. The number of aliphatic hydroxyl groups is 1. The van der Waals surface area contributed by atoms with Crippen molar-refractivity contribution in [3.63, 3.8) is 0 Å². The molecule has 1 atom stereocenters. The van der Waals surface area contributed by atoms with E-state index in [0.717, 1.165) is 12.1 Å². The van der Waals surface area contributed by atoms with Crippen LogP contribution in [0.2, 0.25) is 0 Å². The van der Waals surface area contributed by atoms with E-state index in [0.29, 0.717) is 16.6 Å². The maximum absolute atomic E-state index is 12.4. The Balaban J connectivity index is 1.87. The zero-order valence-electron chi connectivity index (χ0n) is 11.2. The summed E-state index contributed by atoms with van der Waals surface area (Å²) < 4.78 is 37.3. The van der Waals surface area contributed by atoms with Gasteiger partial charge in [0.2, 0.25) is 0 Å². The van der Waals surface area contributed by atoms with Crippen LogP contribution in [0.1, 0.15) is 49.3 Å². The molecule has 1 aromatic rings. The molecule has 0 aliphatic heterocycles. The second-order valence-corrected chi connectivity index (χ2v) is 6.56. The van der Waals surface area contributed by atoms with Gasteiger partial charge in [0.1, 0.15) is 0 Å². The summed E-state index contributed by atoms with van der Waals surface area (Å²) in [6, 6.07) is 4.80. The number of rotatable bonds is 4. The van der Waals surface area contributed by atoms with Gasteiger partial charge in [-0.15, -0.1) is 0 Å². The smallest absolute Gasteiger partial charge is 0.388 e. The number of aliphatic hydroxyl groups excluding tert-OH is 1. The van der Waals surface area contributed by atoms with Gasteiger partial charge in [-0.2, -0.15) is 24.9 Å². The SMILES string of the molecule is OC(CSC1CCCCC1)c1ccc(C(F)(F)F)cc1. The third kappa shape index (κ3) is 4.42. The van der Waals surface area contributed by atoms with Crippen molar-refractivity contribution in [1.29, 1.82) is 0 Å². The molecule has 20 heavy (non-hydrogen) atoms. The molecule has 1 aromatic carbocycles. The van der Waals surface area contributed by atoms with Crippen molar-refractivity contribution in [1.82, 2.24) is 0 Å². The monoisotopic (exact) mass is 304 g/mol. The molecule has 1 nitrogen and oxygen atoms in total. The van der Waals surface area contributed by atoms with Gasteiger partial charge in [0.15, 0.2) is 0 Å². The first-order chi connectivity index (χ1) is 9.47. The zero-order chi connectivity index (χ0) is 14.6. The maximum atomic E-state index is 12.4. The highest BCUT2D eigenvalue weighted by Gasteiger charge is 2.30. The Labute approximate surface area is 121 Å². The van der Waals surface area contributed by atoms with E-state index in [9.17, 15) is 18.3 Å². The molecule has 5 heteroatoms. The van der Waals surface area contributed by atoms with Crippen molar-refractivity contribution in [2.45, 2.75) is 49.6 Å². The van der Waals surface area contributed by atoms with Gasteiger partial charge in [-0.25, -0.2) is 0 Å². The number of benzene rings is 1. The first kappa shape index (κ1) is 15.7. The molecule has 1 unspecified atom stereocenters. The summed E-state index contributed by atoms with van der Waals surface area (Å²) in [5, 5.41) is 10.6. The van der Waals surface area contributed by atoms with E-state index >= 15 is 0 Å². The average molecular weight is 304 g/mol. The van der Waals surface area contributed by atoms with E-state index in [2.05, 4.69) is 0 Å². The third-order valence-electron chi connectivity index (χ3n) is 3.66. The number of halogens is 3. The Bertz CT molecular complexity index is 410. The predicted molar refractivity (Wildman–Crippen MR) is 75.7 cm³/mol. The molecule has 112 valence electrons. The minimum atomic E-state index is -4.32. The number of hydrogen-bond acceptors (Lipinski definition) is 2. The zero-order valence-corrected chi connectivity index (χ0v) is 12.0. The lowest BCUT2D eigenvalue weighted by Gasteiger charge is -2.22. The van der Waals surface area contributed by atoms with E-state index in [1.807, 2.05) is 0 Å². The van der Waals surface area contributed by atoms with Crippen molar-refractivity contribution in [2.24, 2.45) is 0 Å².